The fourth-order valence-corrected chi connectivity index (χ4v) is 2.50. The van der Waals surface area contributed by atoms with E-state index in [4.69, 9.17) is 25.8 Å². The molecule has 0 spiro atoms. The van der Waals surface area contributed by atoms with Crippen molar-refractivity contribution >= 4 is 17.5 Å². The van der Waals surface area contributed by atoms with Gasteiger partial charge in [0.05, 0.1) is 6.04 Å². The third kappa shape index (κ3) is 4.11. The van der Waals surface area contributed by atoms with Crippen molar-refractivity contribution in [1.29, 1.82) is 0 Å². The van der Waals surface area contributed by atoms with Crippen LogP contribution in [-0.2, 0) is 4.79 Å². The third-order valence-corrected chi connectivity index (χ3v) is 3.88. The number of amides is 1. The molecule has 1 amide bonds. The highest BCUT2D eigenvalue weighted by molar-refractivity contribution is 6.30. The Bertz CT molecular complexity index is 717. The summed E-state index contributed by atoms with van der Waals surface area (Å²) in [5.74, 6) is 1.83. The van der Waals surface area contributed by atoms with E-state index < -0.39 is 0 Å². The fourth-order valence-electron chi connectivity index (χ4n) is 2.38. The summed E-state index contributed by atoms with van der Waals surface area (Å²) in [5.41, 5.74) is 0.944. The molecule has 1 atom stereocenters. The normalized spacial score (nSPS) is 13.9. The first-order valence-electron chi connectivity index (χ1n) is 7.69. The number of carbonyl (C=O) groups is 1. The average Bonchev–Trinajstić information content (AvgIpc) is 2.61. The minimum atomic E-state index is -0.202. The van der Waals surface area contributed by atoms with Crippen LogP contribution in [0.4, 0.5) is 0 Å². The molecule has 0 radical (unpaired) electrons. The van der Waals surface area contributed by atoms with Crippen molar-refractivity contribution in [1.82, 2.24) is 5.32 Å². The minimum Gasteiger partial charge on any atom is -0.486 e. The quantitative estimate of drug-likeness (QED) is 0.901. The number of fused-ring (bicyclic) bond motifs is 1. The van der Waals surface area contributed by atoms with Crippen LogP contribution in [0.3, 0.4) is 0 Å². The van der Waals surface area contributed by atoms with E-state index in [0.717, 1.165) is 11.3 Å². The number of carbonyl (C=O) groups excluding carboxylic acids is 1. The monoisotopic (exact) mass is 347 g/mol. The Kier molecular flexibility index (Phi) is 5.11. The lowest BCUT2D eigenvalue weighted by molar-refractivity contribution is -0.123. The smallest absolute Gasteiger partial charge is 0.258 e. The Hall–Kier alpha value is -2.40. The van der Waals surface area contributed by atoms with E-state index in [9.17, 15) is 4.79 Å². The van der Waals surface area contributed by atoms with Gasteiger partial charge < -0.3 is 19.5 Å². The molecular weight excluding hydrogens is 330 g/mol. The van der Waals surface area contributed by atoms with Crippen molar-refractivity contribution in [2.24, 2.45) is 0 Å². The first-order chi connectivity index (χ1) is 11.6. The van der Waals surface area contributed by atoms with Crippen LogP contribution in [0.5, 0.6) is 17.2 Å². The Morgan fingerprint density at radius 2 is 1.88 bits per heavy atom. The summed E-state index contributed by atoms with van der Waals surface area (Å²) in [4.78, 5) is 12.0. The second kappa shape index (κ2) is 7.45. The summed E-state index contributed by atoms with van der Waals surface area (Å²) in [6, 6.07) is 12.4. The zero-order valence-corrected chi connectivity index (χ0v) is 14.0. The van der Waals surface area contributed by atoms with Crippen molar-refractivity contribution < 1.29 is 19.0 Å². The summed E-state index contributed by atoms with van der Waals surface area (Å²) in [6.07, 6.45) is 0. The van der Waals surface area contributed by atoms with Crippen LogP contribution in [-0.4, -0.2) is 25.7 Å². The van der Waals surface area contributed by atoms with Crippen molar-refractivity contribution in [3.05, 3.63) is 53.1 Å². The molecule has 3 rings (SSSR count). The molecule has 0 bridgehead atoms. The number of benzene rings is 2. The second-order valence-electron chi connectivity index (χ2n) is 5.43. The maximum atomic E-state index is 12.0. The number of hydrogen-bond acceptors (Lipinski definition) is 4. The van der Waals surface area contributed by atoms with E-state index in [-0.39, 0.29) is 18.6 Å². The Labute approximate surface area is 145 Å². The van der Waals surface area contributed by atoms with Crippen LogP contribution in [0.25, 0.3) is 0 Å². The van der Waals surface area contributed by atoms with E-state index in [1.54, 1.807) is 24.3 Å². The highest BCUT2D eigenvalue weighted by Crippen LogP contribution is 2.32. The van der Waals surface area contributed by atoms with Gasteiger partial charge in [0, 0.05) is 5.02 Å². The van der Waals surface area contributed by atoms with Gasteiger partial charge in [-0.05, 0) is 48.9 Å². The van der Waals surface area contributed by atoms with Crippen molar-refractivity contribution in [3.8, 4) is 17.2 Å². The zero-order chi connectivity index (χ0) is 16.9. The third-order valence-electron chi connectivity index (χ3n) is 3.63. The fraction of sp³-hybridized carbons (Fsp3) is 0.278. The van der Waals surface area contributed by atoms with Crippen LogP contribution in [0.2, 0.25) is 5.02 Å². The molecule has 0 saturated heterocycles. The lowest BCUT2D eigenvalue weighted by Crippen LogP contribution is -2.31. The van der Waals surface area contributed by atoms with Gasteiger partial charge in [-0.3, -0.25) is 4.79 Å². The van der Waals surface area contributed by atoms with E-state index >= 15 is 0 Å². The van der Waals surface area contributed by atoms with E-state index in [1.807, 2.05) is 25.1 Å². The molecule has 1 aliphatic rings. The van der Waals surface area contributed by atoms with Crippen molar-refractivity contribution in [2.45, 2.75) is 13.0 Å². The van der Waals surface area contributed by atoms with Gasteiger partial charge in [0.25, 0.3) is 5.91 Å². The Morgan fingerprint density at radius 1 is 1.17 bits per heavy atom. The molecule has 0 unspecified atom stereocenters. The molecule has 1 N–H and O–H groups in total. The van der Waals surface area contributed by atoms with Gasteiger partial charge in [-0.25, -0.2) is 0 Å². The van der Waals surface area contributed by atoms with Gasteiger partial charge in [-0.15, -0.1) is 0 Å². The largest absolute Gasteiger partial charge is 0.486 e. The minimum absolute atomic E-state index is 0.0590. The van der Waals surface area contributed by atoms with Crippen molar-refractivity contribution in [2.75, 3.05) is 19.8 Å². The SMILES string of the molecule is C[C@@H](NC(=O)COc1ccc(Cl)cc1)c1ccc2c(c1)OCCO2. The summed E-state index contributed by atoms with van der Waals surface area (Å²) >= 11 is 5.81. The van der Waals surface area contributed by atoms with Gasteiger partial charge >= 0.3 is 0 Å². The van der Waals surface area contributed by atoms with Crippen LogP contribution in [0.15, 0.2) is 42.5 Å². The molecule has 1 heterocycles. The van der Waals surface area contributed by atoms with Gasteiger partial charge in [-0.1, -0.05) is 17.7 Å². The summed E-state index contributed by atoms with van der Waals surface area (Å²) in [6.45, 7) is 2.94. The zero-order valence-electron chi connectivity index (χ0n) is 13.3. The predicted molar refractivity (Wildman–Crippen MR) is 90.9 cm³/mol. The predicted octanol–water partition coefficient (Wildman–Crippen LogP) is 3.37. The average molecular weight is 348 g/mol. The molecular formula is C18H18ClNO4. The second-order valence-corrected chi connectivity index (χ2v) is 5.87. The highest BCUT2D eigenvalue weighted by atomic mass is 35.5. The van der Waals surface area contributed by atoms with Crippen molar-refractivity contribution in [3.63, 3.8) is 0 Å². The lowest BCUT2D eigenvalue weighted by Gasteiger charge is -2.21. The topological polar surface area (TPSA) is 56.8 Å². The summed E-state index contributed by atoms with van der Waals surface area (Å²) < 4.78 is 16.5. The lowest BCUT2D eigenvalue weighted by atomic mass is 10.1. The number of hydrogen-bond donors (Lipinski definition) is 1. The van der Waals surface area contributed by atoms with E-state index in [2.05, 4.69) is 5.32 Å². The number of rotatable bonds is 5. The standard InChI is InChI=1S/C18H18ClNO4/c1-12(13-2-7-16-17(10-13)23-9-8-22-16)20-18(21)11-24-15-5-3-14(19)4-6-15/h2-7,10,12H,8-9,11H2,1H3,(H,20,21)/t12-/m1/s1. The molecule has 126 valence electrons. The van der Waals surface area contributed by atoms with Crippen LogP contribution in [0, 0.1) is 0 Å². The van der Waals surface area contributed by atoms with Crippen LogP contribution in [0.1, 0.15) is 18.5 Å². The number of halogens is 1. The maximum absolute atomic E-state index is 12.0. The number of ether oxygens (including phenoxy) is 3. The molecule has 5 nitrogen and oxygen atoms in total. The first-order valence-corrected chi connectivity index (χ1v) is 8.07. The Morgan fingerprint density at radius 3 is 2.62 bits per heavy atom. The van der Waals surface area contributed by atoms with E-state index in [1.165, 1.54) is 0 Å². The van der Waals surface area contributed by atoms with Gasteiger partial charge in [-0.2, -0.15) is 0 Å². The number of nitrogens with one attached hydrogen (secondary N) is 1. The van der Waals surface area contributed by atoms with E-state index in [0.29, 0.717) is 29.7 Å². The molecule has 0 fully saturated rings. The molecule has 0 aliphatic carbocycles. The highest BCUT2D eigenvalue weighted by Gasteiger charge is 2.16. The van der Waals surface area contributed by atoms with Gasteiger partial charge in [0.2, 0.25) is 0 Å². The summed E-state index contributed by atoms with van der Waals surface area (Å²) in [7, 11) is 0. The first kappa shape index (κ1) is 16.5. The van der Waals surface area contributed by atoms with Gasteiger partial charge in [0.15, 0.2) is 18.1 Å². The molecule has 0 saturated carbocycles. The molecule has 6 heteroatoms. The molecule has 24 heavy (non-hydrogen) atoms. The molecule has 2 aromatic rings. The molecule has 1 aliphatic heterocycles. The van der Waals surface area contributed by atoms with Crippen LogP contribution < -0.4 is 19.5 Å². The maximum Gasteiger partial charge on any atom is 0.258 e. The van der Waals surface area contributed by atoms with Crippen LogP contribution >= 0.6 is 11.6 Å². The molecule has 0 aromatic heterocycles. The van der Waals surface area contributed by atoms with Gasteiger partial charge in [0.1, 0.15) is 19.0 Å². The summed E-state index contributed by atoms with van der Waals surface area (Å²) in [5, 5.41) is 3.52. The molecule has 2 aromatic carbocycles. The Balaban J connectivity index is 1.55.